The lowest BCUT2D eigenvalue weighted by Crippen LogP contribution is -1.99. The lowest BCUT2D eigenvalue weighted by Gasteiger charge is -1.91. The van der Waals surface area contributed by atoms with Crippen molar-refractivity contribution in [3.05, 3.63) is 34.3 Å². The molecule has 2 rings (SSSR count). The number of benzene rings is 1. The van der Waals surface area contributed by atoms with Gasteiger partial charge in [-0.15, -0.1) is 0 Å². The molecule has 0 radical (unpaired) electrons. The first-order valence-electron chi connectivity index (χ1n) is 3.83. The molecule has 0 aliphatic carbocycles. The predicted molar refractivity (Wildman–Crippen MR) is 47.2 cm³/mol. The van der Waals surface area contributed by atoms with Gasteiger partial charge in [-0.1, -0.05) is 0 Å². The number of aromatic amines is 1. The van der Waals surface area contributed by atoms with Gasteiger partial charge in [-0.25, -0.2) is 4.79 Å². The molecular formula is C9H5NO4. The number of rotatable bonds is 2. The molecule has 14 heavy (non-hydrogen) atoms. The smallest absolute Gasteiger partial charge is 0.408 e. The zero-order valence-electron chi connectivity index (χ0n) is 6.94. The summed E-state index contributed by atoms with van der Waals surface area (Å²) in [4.78, 5) is 34.3. The number of carbonyl (C=O) groups excluding carboxylic acids is 2. The average molecular weight is 191 g/mol. The van der Waals surface area contributed by atoms with E-state index in [1.165, 1.54) is 18.2 Å². The molecule has 0 saturated heterocycles. The number of aromatic nitrogens is 1. The van der Waals surface area contributed by atoms with Crippen LogP contribution in [-0.4, -0.2) is 17.1 Å². The third kappa shape index (κ3) is 1.24. The van der Waals surface area contributed by atoms with Gasteiger partial charge in [-0.3, -0.25) is 14.6 Å². The van der Waals surface area contributed by atoms with Crippen LogP contribution >= 0.6 is 0 Å². The molecule has 0 atom stereocenters. The minimum Gasteiger partial charge on any atom is -0.408 e. The molecule has 0 saturated carbocycles. The van der Waals surface area contributed by atoms with E-state index in [4.69, 9.17) is 4.42 Å². The molecule has 1 aromatic heterocycles. The number of hydrogen-bond donors (Lipinski definition) is 1. The van der Waals surface area contributed by atoms with E-state index in [-0.39, 0.29) is 11.8 Å². The molecule has 0 aliphatic heterocycles. The Labute approximate surface area is 77.3 Å². The SMILES string of the molecule is O=CC(=O)c1ccc2oc(=O)[nH]c2c1. The molecule has 0 spiro atoms. The zero-order chi connectivity index (χ0) is 10.1. The molecule has 1 aromatic carbocycles. The van der Waals surface area contributed by atoms with Crippen molar-refractivity contribution in [3.63, 3.8) is 0 Å². The largest absolute Gasteiger partial charge is 0.417 e. The Morgan fingerprint density at radius 2 is 2.21 bits per heavy atom. The summed E-state index contributed by atoms with van der Waals surface area (Å²) in [6.07, 6.45) is 0.222. The van der Waals surface area contributed by atoms with Gasteiger partial charge in [0.1, 0.15) is 0 Å². The predicted octanol–water partition coefficient (Wildman–Crippen LogP) is 0.503. The van der Waals surface area contributed by atoms with Crippen LogP contribution in [0.1, 0.15) is 10.4 Å². The van der Waals surface area contributed by atoms with Crippen LogP contribution in [0.4, 0.5) is 0 Å². The van der Waals surface area contributed by atoms with Crippen LogP contribution in [0.2, 0.25) is 0 Å². The first kappa shape index (κ1) is 8.43. The number of ketones is 1. The van der Waals surface area contributed by atoms with Gasteiger partial charge in [0.2, 0.25) is 5.78 Å². The van der Waals surface area contributed by atoms with Gasteiger partial charge >= 0.3 is 5.76 Å². The van der Waals surface area contributed by atoms with Crippen molar-refractivity contribution in [1.82, 2.24) is 4.98 Å². The second-order valence-corrected chi connectivity index (χ2v) is 2.71. The second kappa shape index (κ2) is 2.95. The van der Waals surface area contributed by atoms with Crippen molar-refractivity contribution in [2.75, 3.05) is 0 Å². The zero-order valence-corrected chi connectivity index (χ0v) is 6.94. The van der Waals surface area contributed by atoms with Crippen LogP contribution in [0.15, 0.2) is 27.4 Å². The Bertz CT molecular complexity index is 563. The summed E-state index contributed by atoms with van der Waals surface area (Å²) in [5, 5.41) is 0. The van der Waals surface area contributed by atoms with Crippen LogP contribution < -0.4 is 5.76 Å². The van der Waals surface area contributed by atoms with Crippen molar-refractivity contribution in [3.8, 4) is 0 Å². The highest BCUT2D eigenvalue weighted by atomic mass is 16.4. The fraction of sp³-hybridized carbons (Fsp3) is 0. The Hall–Kier alpha value is -2.17. The number of hydrogen-bond acceptors (Lipinski definition) is 4. The van der Waals surface area contributed by atoms with Crippen molar-refractivity contribution in [2.24, 2.45) is 0 Å². The van der Waals surface area contributed by atoms with Crippen molar-refractivity contribution < 1.29 is 14.0 Å². The van der Waals surface area contributed by atoms with Gasteiger partial charge in [-0.2, -0.15) is 0 Å². The highest BCUT2D eigenvalue weighted by molar-refractivity contribution is 6.33. The quantitative estimate of drug-likeness (QED) is 0.426. The lowest BCUT2D eigenvalue weighted by atomic mass is 10.1. The summed E-state index contributed by atoms with van der Waals surface area (Å²) >= 11 is 0. The molecular weight excluding hydrogens is 186 g/mol. The molecule has 1 N–H and O–H groups in total. The average Bonchev–Trinajstić information content (AvgIpc) is 2.55. The third-order valence-corrected chi connectivity index (χ3v) is 1.81. The number of oxazole rings is 1. The van der Waals surface area contributed by atoms with Crippen LogP contribution in [0.25, 0.3) is 11.1 Å². The maximum Gasteiger partial charge on any atom is 0.417 e. The summed E-state index contributed by atoms with van der Waals surface area (Å²) in [6.45, 7) is 0. The maximum absolute atomic E-state index is 11.0. The standard InChI is InChI=1S/C9H5NO4/c11-4-7(12)5-1-2-8-6(3-5)10-9(13)14-8/h1-4H,(H,10,13). The number of aldehydes is 1. The van der Waals surface area contributed by atoms with E-state index in [1.54, 1.807) is 0 Å². The minimum absolute atomic E-state index is 0.222. The van der Waals surface area contributed by atoms with Gasteiger partial charge < -0.3 is 4.42 Å². The fourth-order valence-corrected chi connectivity index (χ4v) is 1.17. The van der Waals surface area contributed by atoms with E-state index in [9.17, 15) is 14.4 Å². The topological polar surface area (TPSA) is 80.1 Å². The molecule has 70 valence electrons. The molecule has 0 unspecified atom stereocenters. The Morgan fingerprint density at radius 1 is 1.43 bits per heavy atom. The Balaban J connectivity index is 2.66. The van der Waals surface area contributed by atoms with E-state index in [0.29, 0.717) is 11.1 Å². The third-order valence-electron chi connectivity index (χ3n) is 1.81. The second-order valence-electron chi connectivity index (χ2n) is 2.71. The van der Waals surface area contributed by atoms with Gasteiger partial charge in [0.05, 0.1) is 5.52 Å². The van der Waals surface area contributed by atoms with Gasteiger partial charge in [0.15, 0.2) is 11.9 Å². The van der Waals surface area contributed by atoms with Crippen LogP contribution in [0.3, 0.4) is 0 Å². The molecule has 0 aliphatic rings. The van der Waals surface area contributed by atoms with E-state index < -0.39 is 11.5 Å². The van der Waals surface area contributed by atoms with E-state index in [2.05, 4.69) is 4.98 Å². The number of Topliss-reactive ketones (excluding diaryl/α,β-unsaturated/α-hetero) is 1. The highest BCUT2D eigenvalue weighted by Gasteiger charge is 2.07. The number of nitrogens with one attached hydrogen (secondary N) is 1. The summed E-state index contributed by atoms with van der Waals surface area (Å²) in [5.41, 5.74) is 0.990. The van der Waals surface area contributed by atoms with Crippen molar-refractivity contribution >= 4 is 23.2 Å². The normalized spacial score (nSPS) is 10.3. The minimum atomic E-state index is -0.631. The van der Waals surface area contributed by atoms with Crippen molar-refractivity contribution in [2.45, 2.75) is 0 Å². The summed E-state index contributed by atoms with van der Waals surface area (Å²) in [7, 11) is 0. The Kier molecular flexibility index (Phi) is 1.78. The summed E-state index contributed by atoms with van der Waals surface area (Å²) in [5.74, 6) is -1.22. The van der Waals surface area contributed by atoms with Gasteiger partial charge in [0.25, 0.3) is 0 Å². The van der Waals surface area contributed by atoms with Crippen LogP contribution in [0.5, 0.6) is 0 Å². The number of H-pyrrole nitrogens is 1. The molecule has 2 aromatic rings. The molecule has 0 amide bonds. The summed E-state index contributed by atoms with van der Waals surface area (Å²) in [6, 6.07) is 4.29. The number of fused-ring (bicyclic) bond motifs is 1. The molecule has 0 fully saturated rings. The first-order chi connectivity index (χ1) is 6.70. The number of carbonyl (C=O) groups is 2. The molecule has 5 nitrogen and oxygen atoms in total. The van der Waals surface area contributed by atoms with E-state index in [1.807, 2.05) is 0 Å². The molecule has 1 heterocycles. The first-order valence-corrected chi connectivity index (χ1v) is 3.83. The molecule has 0 bridgehead atoms. The maximum atomic E-state index is 11.0. The van der Waals surface area contributed by atoms with E-state index in [0.717, 1.165) is 0 Å². The summed E-state index contributed by atoms with van der Waals surface area (Å²) < 4.78 is 4.73. The van der Waals surface area contributed by atoms with E-state index >= 15 is 0 Å². The van der Waals surface area contributed by atoms with Crippen molar-refractivity contribution in [1.29, 1.82) is 0 Å². The van der Waals surface area contributed by atoms with Gasteiger partial charge in [0, 0.05) is 5.56 Å². The highest BCUT2D eigenvalue weighted by Crippen LogP contribution is 2.11. The Morgan fingerprint density at radius 3 is 2.93 bits per heavy atom. The lowest BCUT2D eigenvalue weighted by molar-refractivity contribution is -0.104. The van der Waals surface area contributed by atoms with Gasteiger partial charge in [-0.05, 0) is 18.2 Å². The monoisotopic (exact) mass is 191 g/mol. The molecule has 5 heteroatoms. The fourth-order valence-electron chi connectivity index (χ4n) is 1.17. The van der Waals surface area contributed by atoms with Crippen LogP contribution in [0, 0.1) is 0 Å². The van der Waals surface area contributed by atoms with Crippen LogP contribution in [-0.2, 0) is 4.79 Å².